The van der Waals surface area contributed by atoms with E-state index in [1.165, 1.54) is 23.8 Å². The molecule has 0 bridgehead atoms. The molecule has 1 saturated carbocycles. The molecule has 37 heavy (non-hydrogen) atoms. The molecule has 5 atom stereocenters. The number of aliphatic hydroxyl groups excluding tert-OH is 1. The van der Waals surface area contributed by atoms with Crippen molar-refractivity contribution in [1.29, 1.82) is 0 Å². The van der Waals surface area contributed by atoms with Crippen LogP contribution in [0, 0.1) is 11.3 Å². The molecule has 0 amide bonds. The van der Waals surface area contributed by atoms with Gasteiger partial charge in [-0.1, -0.05) is 32.0 Å². The van der Waals surface area contributed by atoms with Crippen LogP contribution in [0.15, 0.2) is 52.2 Å². The molecule has 1 aromatic heterocycles. The summed E-state index contributed by atoms with van der Waals surface area (Å²) in [6.07, 6.45) is -0.324. The lowest BCUT2D eigenvalue weighted by atomic mass is 9.96. The van der Waals surface area contributed by atoms with Crippen LogP contribution in [0.2, 0.25) is 0 Å². The summed E-state index contributed by atoms with van der Waals surface area (Å²) in [6.45, 7) is 5.11. The minimum Gasteiger partial charge on any atom is -0.464 e. The molecule has 2 aromatic rings. The van der Waals surface area contributed by atoms with Crippen molar-refractivity contribution in [3.63, 3.8) is 0 Å². The van der Waals surface area contributed by atoms with Gasteiger partial charge >= 0.3 is 19.4 Å². The van der Waals surface area contributed by atoms with Gasteiger partial charge in [0, 0.05) is 17.7 Å². The summed E-state index contributed by atoms with van der Waals surface area (Å²) in [5, 5.41) is 13.6. The van der Waals surface area contributed by atoms with Gasteiger partial charge in [-0.05, 0) is 37.8 Å². The highest BCUT2D eigenvalue weighted by Crippen LogP contribution is 2.62. The van der Waals surface area contributed by atoms with Gasteiger partial charge in [-0.3, -0.25) is 23.7 Å². The smallest absolute Gasteiger partial charge is 0.459 e. The summed E-state index contributed by atoms with van der Waals surface area (Å²) in [6, 6.07) is 8.47. The Morgan fingerprint density at radius 3 is 2.57 bits per heavy atom. The maximum absolute atomic E-state index is 13.7. The fourth-order valence-corrected chi connectivity index (χ4v) is 5.71. The molecule has 1 aliphatic carbocycles. The molecule has 1 aromatic carbocycles. The first kappa shape index (κ1) is 27.3. The molecular formula is C24H32N3O9P. The van der Waals surface area contributed by atoms with Crippen LogP contribution in [-0.4, -0.2) is 52.1 Å². The number of aromatic amines is 1. The number of hydrogen-bond acceptors (Lipinski definition) is 9. The number of hydrogen-bond donors (Lipinski definition) is 3. The molecule has 13 heteroatoms. The average Bonchev–Trinajstić information content (AvgIpc) is 3.60. The number of aromatic nitrogens is 2. The quantitative estimate of drug-likeness (QED) is 0.286. The Hall–Kier alpha value is -2.76. The van der Waals surface area contributed by atoms with Crippen molar-refractivity contribution in [3.05, 3.63) is 63.4 Å². The highest BCUT2D eigenvalue weighted by Gasteiger charge is 2.64. The van der Waals surface area contributed by atoms with Gasteiger partial charge in [-0.2, -0.15) is 5.09 Å². The molecule has 202 valence electrons. The number of H-pyrrole nitrogens is 1. The molecule has 2 heterocycles. The van der Waals surface area contributed by atoms with Crippen molar-refractivity contribution in [3.8, 4) is 5.75 Å². The first-order valence-electron chi connectivity index (χ1n) is 12.1. The maximum Gasteiger partial charge on any atom is 0.459 e. The molecule has 1 saturated heterocycles. The first-order valence-corrected chi connectivity index (χ1v) is 13.7. The molecule has 1 aliphatic heterocycles. The number of para-hydroxylation sites is 1. The van der Waals surface area contributed by atoms with Crippen molar-refractivity contribution in [2.75, 3.05) is 13.2 Å². The van der Waals surface area contributed by atoms with Crippen LogP contribution >= 0.6 is 7.75 Å². The molecule has 3 N–H and O–H groups in total. The highest BCUT2D eigenvalue weighted by atomic mass is 31.2. The molecule has 1 spiro atoms. The second kappa shape index (κ2) is 10.9. The monoisotopic (exact) mass is 537 g/mol. The molecule has 2 aliphatic rings. The summed E-state index contributed by atoms with van der Waals surface area (Å²) in [5.74, 6) is -0.260. The third-order valence-corrected chi connectivity index (χ3v) is 7.95. The Morgan fingerprint density at radius 2 is 1.95 bits per heavy atom. The van der Waals surface area contributed by atoms with Crippen LogP contribution in [-0.2, 0) is 23.4 Å². The van der Waals surface area contributed by atoms with Gasteiger partial charge in [0.1, 0.15) is 24.1 Å². The van der Waals surface area contributed by atoms with E-state index in [-0.39, 0.29) is 24.9 Å². The molecular weight excluding hydrogens is 505 g/mol. The first-order chi connectivity index (χ1) is 17.5. The van der Waals surface area contributed by atoms with Crippen LogP contribution < -0.4 is 20.9 Å². The summed E-state index contributed by atoms with van der Waals surface area (Å²) in [5.41, 5.74) is -1.94. The van der Waals surface area contributed by atoms with Crippen molar-refractivity contribution >= 4 is 13.7 Å². The third kappa shape index (κ3) is 6.22. The van der Waals surface area contributed by atoms with E-state index in [4.69, 9.17) is 18.5 Å². The van der Waals surface area contributed by atoms with Crippen LogP contribution in [0.1, 0.15) is 39.8 Å². The number of rotatable bonds is 11. The lowest BCUT2D eigenvalue weighted by Gasteiger charge is -2.25. The second-order valence-electron chi connectivity index (χ2n) is 9.79. The number of nitrogens with zero attached hydrogens (tertiary/aromatic N) is 1. The minimum atomic E-state index is -4.16. The third-order valence-electron chi connectivity index (χ3n) is 6.31. The summed E-state index contributed by atoms with van der Waals surface area (Å²) < 4.78 is 37.5. The van der Waals surface area contributed by atoms with Gasteiger partial charge < -0.3 is 19.1 Å². The molecule has 1 unspecified atom stereocenters. The lowest BCUT2D eigenvalue weighted by Crippen LogP contribution is -2.37. The van der Waals surface area contributed by atoms with Gasteiger partial charge in [-0.15, -0.1) is 0 Å². The fourth-order valence-electron chi connectivity index (χ4n) is 4.21. The van der Waals surface area contributed by atoms with Gasteiger partial charge in [-0.25, -0.2) is 9.36 Å². The number of carbonyl (C=O) groups excluding carboxylic acids is 1. The zero-order valence-corrected chi connectivity index (χ0v) is 21.8. The lowest BCUT2D eigenvalue weighted by molar-refractivity contribution is -0.146. The van der Waals surface area contributed by atoms with Crippen LogP contribution in [0.25, 0.3) is 0 Å². The predicted molar refractivity (Wildman–Crippen MR) is 132 cm³/mol. The molecule has 4 rings (SSSR count). The van der Waals surface area contributed by atoms with E-state index in [0.717, 1.165) is 0 Å². The topological polar surface area (TPSA) is 158 Å². The number of ether oxygens (including phenoxy) is 2. The Labute approximate surface area is 213 Å². The van der Waals surface area contributed by atoms with E-state index >= 15 is 0 Å². The SMILES string of the molecule is CC(C)COC(=O)[C@@H](C)NP(=O)(OC[C@H]1O[C@@H](n2ccc(=O)[nH]c2=O)C2(CC2)[C@@H]1O)Oc1ccccc1. The van der Waals surface area contributed by atoms with E-state index in [0.29, 0.717) is 12.8 Å². The normalized spacial score (nSPS) is 24.5. The standard InChI is InChI=1S/C24H32N3O9P/c1-15(2)13-33-21(30)16(3)26-37(32,36-17-7-5-4-6-8-17)34-14-18-20(29)24(10-11-24)22(35-18)27-12-9-19(28)25-23(27)31/h4-9,12,15-16,18,20,22,29H,10-11,13-14H2,1-3H3,(H,26,32)(H,25,28,31)/t16-,18-,20-,22-,37?/m1/s1. The van der Waals surface area contributed by atoms with Crippen molar-refractivity contribution in [2.24, 2.45) is 11.3 Å². The average molecular weight is 538 g/mol. The van der Waals surface area contributed by atoms with Crippen LogP contribution in [0.5, 0.6) is 5.75 Å². The Balaban J connectivity index is 1.49. The van der Waals surface area contributed by atoms with Gasteiger partial charge in [0.2, 0.25) is 0 Å². The van der Waals surface area contributed by atoms with Crippen LogP contribution in [0.4, 0.5) is 0 Å². The maximum atomic E-state index is 13.7. The number of esters is 1. The van der Waals surface area contributed by atoms with E-state index in [9.17, 15) is 24.1 Å². The fraction of sp³-hybridized carbons (Fsp3) is 0.542. The van der Waals surface area contributed by atoms with Gasteiger partial charge in [0.25, 0.3) is 5.56 Å². The van der Waals surface area contributed by atoms with E-state index < -0.39 is 54.9 Å². The van der Waals surface area contributed by atoms with Gasteiger partial charge in [0.05, 0.1) is 19.3 Å². The predicted octanol–water partition coefficient (Wildman–Crippen LogP) is 1.96. The highest BCUT2D eigenvalue weighted by molar-refractivity contribution is 7.52. The van der Waals surface area contributed by atoms with Gasteiger partial charge in [0.15, 0.2) is 0 Å². The zero-order valence-electron chi connectivity index (χ0n) is 20.9. The van der Waals surface area contributed by atoms with E-state index in [1.54, 1.807) is 30.3 Å². The van der Waals surface area contributed by atoms with E-state index in [2.05, 4.69) is 10.1 Å². The number of benzene rings is 1. The summed E-state index contributed by atoms with van der Waals surface area (Å²) in [7, 11) is -4.16. The zero-order chi connectivity index (χ0) is 26.8. The summed E-state index contributed by atoms with van der Waals surface area (Å²) >= 11 is 0. The largest absolute Gasteiger partial charge is 0.464 e. The second-order valence-corrected chi connectivity index (χ2v) is 11.5. The molecule has 0 radical (unpaired) electrons. The van der Waals surface area contributed by atoms with Crippen molar-refractivity contribution in [2.45, 2.75) is 58.1 Å². The number of nitrogens with one attached hydrogen (secondary N) is 2. The van der Waals surface area contributed by atoms with E-state index in [1.807, 2.05) is 13.8 Å². The van der Waals surface area contributed by atoms with Crippen molar-refractivity contribution < 1.29 is 33.0 Å². The minimum absolute atomic E-state index is 0.124. The Kier molecular flexibility index (Phi) is 8.05. The Bertz CT molecular complexity index is 1260. The number of aliphatic hydroxyl groups is 1. The Morgan fingerprint density at radius 1 is 1.24 bits per heavy atom. The van der Waals surface area contributed by atoms with Crippen LogP contribution in [0.3, 0.4) is 0 Å². The van der Waals surface area contributed by atoms with Crippen molar-refractivity contribution in [1.82, 2.24) is 14.6 Å². The number of carbonyl (C=O) groups is 1. The molecule has 12 nitrogen and oxygen atoms in total. The molecule has 2 fully saturated rings. The summed E-state index contributed by atoms with van der Waals surface area (Å²) in [4.78, 5) is 38.4.